The van der Waals surface area contributed by atoms with Gasteiger partial charge in [-0.3, -0.25) is 4.79 Å². The number of rotatable bonds is 3. The number of carbonyl (C=O) groups excluding carboxylic acids is 1. The summed E-state index contributed by atoms with van der Waals surface area (Å²) in [6.45, 7) is 4.17. The van der Waals surface area contributed by atoms with Crippen molar-refractivity contribution in [2.24, 2.45) is 11.1 Å². The zero-order valence-corrected chi connectivity index (χ0v) is 5.00. The van der Waals surface area contributed by atoms with E-state index < -0.39 is 0 Å². The molecular formula is C5H9NO2. The second-order valence-corrected chi connectivity index (χ2v) is 1.70. The van der Waals surface area contributed by atoms with Gasteiger partial charge in [-0.25, -0.2) is 0 Å². The maximum absolute atomic E-state index is 9.45. The van der Waals surface area contributed by atoms with Crippen LogP contribution >= 0.6 is 0 Å². The van der Waals surface area contributed by atoms with Crippen molar-refractivity contribution in [3.63, 3.8) is 0 Å². The largest absolute Gasteiger partial charge is 0.323 e. The third kappa shape index (κ3) is 5.14. The molecule has 0 unspecified atom stereocenters. The van der Waals surface area contributed by atoms with Crippen LogP contribution in [0.2, 0.25) is 0 Å². The topological polar surface area (TPSA) is 38.7 Å². The van der Waals surface area contributed by atoms with E-state index in [9.17, 15) is 4.79 Å². The molecule has 0 aliphatic heterocycles. The second-order valence-electron chi connectivity index (χ2n) is 1.70. The third-order valence-electron chi connectivity index (χ3n) is 0.463. The molecular weight excluding hydrogens is 106 g/mol. The van der Waals surface area contributed by atoms with Crippen molar-refractivity contribution in [3.05, 3.63) is 0 Å². The smallest absolute Gasteiger partial charge is 0.322 e. The first kappa shape index (κ1) is 7.14. The minimum Gasteiger partial charge on any atom is -0.322 e. The third-order valence-corrected chi connectivity index (χ3v) is 0.463. The van der Waals surface area contributed by atoms with Crippen LogP contribution in [-0.2, 0) is 9.63 Å². The molecule has 0 radical (unpaired) electrons. The van der Waals surface area contributed by atoms with Crippen LogP contribution in [0.4, 0.5) is 0 Å². The van der Waals surface area contributed by atoms with Gasteiger partial charge in [0.15, 0.2) is 0 Å². The van der Waals surface area contributed by atoms with Crippen LogP contribution < -0.4 is 0 Å². The molecule has 0 rings (SSSR count). The minimum atomic E-state index is 0.291. The summed E-state index contributed by atoms with van der Waals surface area (Å²) in [4.78, 5) is 13.5. The van der Waals surface area contributed by atoms with Crippen LogP contribution in [0.15, 0.2) is 5.16 Å². The van der Waals surface area contributed by atoms with E-state index in [2.05, 4.69) is 9.99 Å². The highest BCUT2D eigenvalue weighted by Gasteiger charge is 1.82. The van der Waals surface area contributed by atoms with Crippen molar-refractivity contribution in [2.45, 2.75) is 13.8 Å². The fraction of sp³-hybridized carbons (Fsp3) is 0.600. The molecule has 0 saturated heterocycles. The number of nitrogens with zero attached hydrogens (tertiary/aromatic N) is 1. The van der Waals surface area contributed by atoms with Crippen molar-refractivity contribution >= 4 is 12.7 Å². The number of hydrogen-bond acceptors (Lipinski definition) is 3. The van der Waals surface area contributed by atoms with Crippen LogP contribution in [-0.4, -0.2) is 12.7 Å². The van der Waals surface area contributed by atoms with Crippen molar-refractivity contribution in [2.75, 3.05) is 0 Å². The van der Waals surface area contributed by atoms with Crippen LogP contribution in [0.3, 0.4) is 0 Å². The van der Waals surface area contributed by atoms with Gasteiger partial charge in [-0.05, 0) is 5.92 Å². The Morgan fingerprint density at radius 2 is 2.25 bits per heavy atom. The minimum absolute atomic E-state index is 0.291. The molecule has 3 heteroatoms. The molecule has 0 aliphatic carbocycles. The SMILES string of the molecule is CC(C)/C=N/OC=O. The quantitative estimate of drug-likeness (QED) is 0.236. The zero-order valence-electron chi connectivity index (χ0n) is 5.00. The van der Waals surface area contributed by atoms with Crippen LogP contribution in [0.5, 0.6) is 0 Å². The highest BCUT2D eigenvalue weighted by atomic mass is 16.7. The van der Waals surface area contributed by atoms with Crippen molar-refractivity contribution < 1.29 is 9.63 Å². The fourth-order valence-electron chi connectivity index (χ4n) is 0.182. The summed E-state index contributed by atoms with van der Waals surface area (Å²) in [5.41, 5.74) is 0. The molecule has 0 aromatic rings. The van der Waals surface area contributed by atoms with Gasteiger partial charge in [-0.15, -0.1) is 0 Å². The average Bonchev–Trinajstić information content (AvgIpc) is 1.66. The molecule has 0 fully saturated rings. The van der Waals surface area contributed by atoms with Crippen LogP contribution in [0, 0.1) is 5.92 Å². The zero-order chi connectivity index (χ0) is 6.41. The van der Waals surface area contributed by atoms with E-state index in [1.165, 1.54) is 0 Å². The number of oxime groups is 1. The monoisotopic (exact) mass is 115 g/mol. The van der Waals surface area contributed by atoms with E-state index in [-0.39, 0.29) is 0 Å². The van der Waals surface area contributed by atoms with E-state index in [1.807, 2.05) is 13.8 Å². The summed E-state index contributed by atoms with van der Waals surface area (Å²) >= 11 is 0. The lowest BCUT2D eigenvalue weighted by Crippen LogP contribution is -1.87. The lowest BCUT2D eigenvalue weighted by atomic mass is 10.3. The molecule has 0 N–H and O–H groups in total. The van der Waals surface area contributed by atoms with Gasteiger partial charge < -0.3 is 4.84 Å². The summed E-state index contributed by atoms with van der Waals surface area (Å²) < 4.78 is 0. The van der Waals surface area contributed by atoms with Gasteiger partial charge in [0.1, 0.15) is 0 Å². The van der Waals surface area contributed by atoms with Gasteiger partial charge in [-0.2, -0.15) is 0 Å². The Kier molecular flexibility index (Phi) is 3.84. The predicted octanol–water partition coefficient (Wildman–Crippen LogP) is 0.801. The van der Waals surface area contributed by atoms with Crippen LogP contribution in [0.25, 0.3) is 0 Å². The maximum atomic E-state index is 9.45. The van der Waals surface area contributed by atoms with E-state index in [4.69, 9.17) is 0 Å². The fourth-order valence-corrected chi connectivity index (χ4v) is 0.182. The van der Waals surface area contributed by atoms with Gasteiger partial charge in [0.2, 0.25) is 0 Å². The summed E-state index contributed by atoms with van der Waals surface area (Å²) in [5, 5.41) is 3.30. The molecule has 46 valence electrons. The summed E-state index contributed by atoms with van der Waals surface area (Å²) in [6.07, 6.45) is 1.55. The molecule has 0 atom stereocenters. The average molecular weight is 115 g/mol. The predicted molar refractivity (Wildman–Crippen MR) is 30.5 cm³/mol. The Morgan fingerprint density at radius 3 is 2.62 bits per heavy atom. The first-order valence-electron chi connectivity index (χ1n) is 2.40. The van der Waals surface area contributed by atoms with Gasteiger partial charge in [0.05, 0.1) is 0 Å². The van der Waals surface area contributed by atoms with Crippen LogP contribution in [0.1, 0.15) is 13.8 Å². The molecule has 0 aromatic carbocycles. The first-order valence-corrected chi connectivity index (χ1v) is 2.40. The van der Waals surface area contributed by atoms with E-state index in [0.29, 0.717) is 12.4 Å². The molecule has 0 heterocycles. The van der Waals surface area contributed by atoms with E-state index in [0.717, 1.165) is 0 Å². The Labute approximate surface area is 48.3 Å². The van der Waals surface area contributed by atoms with Gasteiger partial charge in [-0.1, -0.05) is 19.0 Å². The highest BCUT2D eigenvalue weighted by molar-refractivity contribution is 5.59. The first-order chi connectivity index (χ1) is 3.77. The van der Waals surface area contributed by atoms with Crippen molar-refractivity contribution in [3.8, 4) is 0 Å². The normalized spacial score (nSPS) is 10.4. The lowest BCUT2D eigenvalue weighted by molar-refractivity contribution is -0.128. The lowest BCUT2D eigenvalue weighted by Gasteiger charge is -1.87. The molecule has 0 saturated carbocycles. The second kappa shape index (κ2) is 4.30. The Hall–Kier alpha value is -0.860. The van der Waals surface area contributed by atoms with Crippen molar-refractivity contribution in [1.29, 1.82) is 0 Å². The molecule has 0 amide bonds. The molecule has 0 aromatic heterocycles. The maximum Gasteiger partial charge on any atom is 0.323 e. The molecule has 0 spiro atoms. The molecule has 0 bridgehead atoms. The molecule has 8 heavy (non-hydrogen) atoms. The Morgan fingerprint density at radius 1 is 1.62 bits per heavy atom. The Balaban J connectivity index is 3.19. The highest BCUT2D eigenvalue weighted by Crippen LogP contribution is 1.83. The standard InChI is InChI=1S/C5H9NO2/c1-5(2)3-6-8-4-7/h3-5H,1-2H3/b6-3+. The Bertz CT molecular complexity index is 88.4. The van der Waals surface area contributed by atoms with Gasteiger partial charge in [0, 0.05) is 6.21 Å². The summed E-state index contributed by atoms with van der Waals surface area (Å²) in [7, 11) is 0. The summed E-state index contributed by atoms with van der Waals surface area (Å²) in [6, 6.07) is 0. The molecule has 0 aliphatic rings. The number of hydrogen-bond donors (Lipinski definition) is 0. The van der Waals surface area contributed by atoms with Crippen molar-refractivity contribution in [1.82, 2.24) is 0 Å². The number of carbonyl (C=O) groups is 1. The summed E-state index contributed by atoms with van der Waals surface area (Å²) in [5.74, 6) is 0.329. The molecule has 3 nitrogen and oxygen atoms in total. The van der Waals surface area contributed by atoms with Gasteiger partial charge in [0.25, 0.3) is 0 Å². The van der Waals surface area contributed by atoms with E-state index >= 15 is 0 Å². The van der Waals surface area contributed by atoms with E-state index in [1.54, 1.807) is 6.21 Å². The van der Waals surface area contributed by atoms with Gasteiger partial charge >= 0.3 is 6.47 Å².